The molecule has 0 radical (unpaired) electrons. The second-order valence-electron chi connectivity index (χ2n) is 4.47. The highest BCUT2D eigenvalue weighted by Crippen LogP contribution is 2.31. The first-order chi connectivity index (χ1) is 9.56. The number of anilines is 1. The number of hydrogen-bond donors (Lipinski definition) is 1. The Morgan fingerprint density at radius 3 is 2.45 bits per heavy atom. The summed E-state index contributed by atoms with van der Waals surface area (Å²) in [6.07, 6.45) is 0.785. The minimum Gasteiger partial charge on any atom is -0.370 e. The standard InChI is InChI=1S/C15H17Cl2N3/c1-4-13-19-14(9(3)15(20-13)18-5-2)10-6-7-11(16)12(17)8-10/h6-8H,4-5H2,1-3H3,(H,18,19,20). The lowest BCUT2D eigenvalue weighted by molar-refractivity contribution is 0.930. The Balaban J connectivity index is 2.59. The summed E-state index contributed by atoms with van der Waals surface area (Å²) in [5, 5.41) is 4.36. The van der Waals surface area contributed by atoms with Gasteiger partial charge in [-0.3, -0.25) is 0 Å². The van der Waals surface area contributed by atoms with E-state index in [1.165, 1.54) is 0 Å². The van der Waals surface area contributed by atoms with E-state index in [4.69, 9.17) is 23.2 Å². The molecule has 106 valence electrons. The van der Waals surface area contributed by atoms with Gasteiger partial charge in [-0.15, -0.1) is 0 Å². The minimum atomic E-state index is 0.533. The highest BCUT2D eigenvalue weighted by molar-refractivity contribution is 6.42. The highest BCUT2D eigenvalue weighted by atomic mass is 35.5. The first-order valence-electron chi connectivity index (χ1n) is 6.63. The largest absolute Gasteiger partial charge is 0.370 e. The summed E-state index contributed by atoms with van der Waals surface area (Å²) in [5.41, 5.74) is 2.86. The lowest BCUT2D eigenvalue weighted by Crippen LogP contribution is -2.07. The number of nitrogens with zero attached hydrogens (tertiary/aromatic N) is 2. The number of benzene rings is 1. The Labute approximate surface area is 129 Å². The van der Waals surface area contributed by atoms with Crippen LogP contribution in [0.1, 0.15) is 25.2 Å². The zero-order valence-corrected chi connectivity index (χ0v) is 13.3. The molecule has 0 saturated carbocycles. The van der Waals surface area contributed by atoms with Crippen molar-refractivity contribution in [3.8, 4) is 11.3 Å². The molecular formula is C15H17Cl2N3. The van der Waals surface area contributed by atoms with E-state index < -0.39 is 0 Å². The molecule has 0 saturated heterocycles. The summed E-state index contributed by atoms with van der Waals surface area (Å²) in [6.45, 7) is 6.92. The fraction of sp³-hybridized carbons (Fsp3) is 0.333. The van der Waals surface area contributed by atoms with Crippen LogP contribution in [-0.4, -0.2) is 16.5 Å². The molecule has 20 heavy (non-hydrogen) atoms. The molecule has 0 atom stereocenters. The molecule has 0 unspecified atom stereocenters. The van der Waals surface area contributed by atoms with Gasteiger partial charge in [-0.25, -0.2) is 9.97 Å². The zero-order valence-electron chi connectivity index (χ0n) is 11.8. The van der Waals surface area contributed by atoms with E-state index in [9.17, 15) is 0 Å². The van der Waals surface area contributed by atoms with Gasteiger partial charge in [-0.05, 0) is 26.0 Å². The third kappa shape index (κ3) is 3.05. The molecule has 3 nitrogen and oxygen atoms in total. The van der Waals surface area contributed by atoms with E-state index in [1.54, 1.807) is 6.07 Å². The summed E-state index contributed by atoms with van der Waals surface area (Å²) < 4.78 is 0. The lowest BCUT2D eigenvalue weighted by Gasteiger charge is -2.13. The van der Waals surface area contributed by atoms with Gasteiger partial charge in [0.05, 0.1) is 15.7 Å². The number of aromatic nitrogens is 2. The molecule has 0 aliphatic rings. The van der Waals surface area contributed by atoms with Crippen molar-refractivity contribution in [3.05, 3.63) is 39.6 Å². The van der Waals surface area contributed by atoms with Gasteiger partial charge < -0.3 is 5.32 Å². The number of rotatable bonds is 4. The third-order valence-corrected chi connectivity index (χ3v) is 3.78. The molecule has 1 aromatic carbocycles. The van der Waals surface area contributed by atoms with Gasteiger partial charge in [0.2, 0.25) is 0 Å². The number of nitrogens with one attached hydrogen (secondary N) is 1. The van der Waals surface area contributed by atoms with Gasteiger partial charge in [0.1, 0.15) is 11.6 Å². The monoisotopic (exact) mass is 309 g/mol. The number of halogens is 2. The Hall–Kier alpha value is -1.32. The summed E-state index contributed by atoms with van der Waals surface area (Å²) in [7, 11) is 0. The van der Waals surface area contributed by atoms with Gasteiger partial charge in [0, 0.05) is 24.1 Å². The molecule has 2 rings (SSSR count). The van der Waals surface area contributed by atoms with Crippen molar-refractivity contribution in [2.24, 2.45) is 0 Å². The first-order valence-corrected chi connectivity index (χ1v) is 7.39. The Kier molecular flexibility index (Phi) is 4.84. The molecule has 2 aromatic rings. The van der Waals surface area contributed by atoms with E-state index in [0.29, 0.717) is 10.0 Å². The van der Waals surface area contributed by atoms with Crippen molar-refractivity contribution in [3.63, 3.8) is 0 Å². The molecule has 1 aromatic heterocycles. The number of aryl methyl sites for hydroxylation is 1. The SMILES string of the molecule is CCNc1nc(CC)nc(-c2ccc(Cl)c(Cl)c2)c1C. The minimum absolute atomic E-state index is 0.533. The summed E-state index contributed by atoms with van der Waals surface area (Å²) in [6, 6.07) is 5.56. The van der Waals surface area contributed by atoms with Crippen LogP contribution in [0, 0.1) is 6.92 Å². The maximum atomic E-state index is 6.10. The normalized spacial score (nSPS) is 10.7. The van der Waals surface area contributed by atoms with E-state index in [2.05, 4.69) is 15.3 Å². The van der Waals surface area contributed by atoms with E-state index in [1.807, 2.05) is 32.9 Å². The summed E-state index contributed by atoms with van der Waals surface area (Å²) in [5.74, 6) is 1.69. The average molecular weight is 310 g/mol. The molecule has 0 aliphatic heterocycles. The lowest BCUT2D eigenvalue weighted by atomic mass is 10.1. The smallest absolute Gasteiger partial charge is 0.133 e. The van der Waals surface area contributed by atoms with Crippen molar-refractivity contribution < 1.29 is 0 Å². The quantitative estimate of drug-likeness (QED) is 0.885. The van der Waals surface area contributed by atoms with Crippen molar-refractivity contribution in [1.29, 1.82) is 0 Å². The average Bonchev–Trinajstić information content (AvgIpc) is 2.44. The molecule has 1 heterocycles. The Bertz CT molecular complexity index is 627. The Morgan fingerprint density at radius 1 is 1.10 bits per heavy atom. The van der Waals surface area contributed by atoms with Crippen LogP contribution in [0.2, 0.25) is 10.0 Å². The Morgan fingerprint density at radius 2 is 1.85 bits per heavy atom. The van der Waals surface area contributed by atoms with Gasteiger partial charge in [-0.1, -0.05) is 36.2 Å². The van der Waals surface area contributed by atoms with Gasteiger partial charge in [-0.2, -0.15) is 0 Å². The van der Waals surface area contributed by atoms with Crippen LogP contribution in [-0.2, 0) is 6.42 Å². The second kappa shape index (κ2) is 6.42. The fourth-order valence-electron chi connectivity index (χ4n) is 1.99. The first kappa shape index (κ1) is 15.1. The summed E-state index contributed by atoms with van der Waals surface area (Å²) in [4.78, 5) is 9.15. The molecule has 0 bridgehead atoms. The zero-order chi connectivity index (χ0) is 14.7. The second-order valence-corrected chi connectivity index (χ2v) is 5.29. The molecule has 0 amide bonds. The van der Waals surface area contributed by atoms with Crippen molar-refractivity contribution in [2.75, 3.05) is 11.9 Å². The molecular weight excluding hydrogens is 293 g/mol. The summed E-state index contributed by atoms with van der Waals surface area (Å²) >= 11 is 12.1. The van der Waals surface area contributed by atoms with Crippen molar-refractivity contribution >= 4 is 29.0 Å². The van der Waals surface area contributed by atoms with E-state index in [0.717, 1.165) is 41.4 Å². The van der Waals surface area contributed by atoms with Crippen LogP contribution < -0.4 is 5.32 Å². The topological polar surface area (TPSA) is 37.8 Å². The molecule has 5 heteroatoms. The molecule has 1 N–H and O–H groups in total. The van der Waals surface area contributed by atoms with Crippen LogP contribution in [0.5, 0.6) is 0 Å². The van der Waals surface area contributed by atoms with Crippen molar-refractivity contribution in [1.82, 2.24) is 9.97 Å². The highest BCUT2D eigenvalue weighted by Gasteiger charge is 2.12. The van der Waals surface area contributed by atoms with E-state index in [-0.39, 0.29) is 0 Å². The van der Waals surface area contributed by atoms with Gasteiger partial charge >= 0.3 is 0 Å². The molecule has 0 spiro atoms. The number of hydrogen-bond acceptors (Lipinski definition) is 3. The maximum absolute atomic E-state index is 6.10. The van der Waals surface area contributed by atoms with Gasteiger partial charge in [0.25, 0.3) is 0 Å². The fourth-order valence-corrected chi connectivity index (χ4v) is 2.28. The molecule has 0 aliphatic carbocycles. The van der Waals surface area contributed by atoms with Crippen LogP contribution in [0.4, 0.5) is 5.82 Å². The predicted octanol–water partition coefficient (Wildman–Crippen LogP) is 4.75. The van der Waals surface area contributed by atoms with E-state index >= 15 is 0 Å². The van der Waals surface area contributed by atoms with Crippen molar-refractivity contribution in [2.45, 2.75) is 27.2 Å². The molecule has 0 fully saturated rings. The van der Waals surface area contributed by atoms with Crippen LogP contribution in [0.15, 0.2) is 18.2 Å². The van der Waals surface area contributed by atoms with Crippen LogP contribution in [0.25, 0.3) is 11.3 Å². The maximum Gasteiger partial charge on any atom is 0.133 e. The third-order valence-electron chi connectivity index (χ3n) is 3.05. The predicted molar refractivity (Wildman–Crippen MR) is 85.8 cm³/mol. The van der Waals surface area contributed by atoms with Crippen LogP contribution >= 0.6 is 23.2 Å². The van der Waals surface area contributed by atoms with Crippen LogP contribution in [0.3, 0.4) is 0 Å². The van der Waals surface area contributed by atoms with Gasteiger partial charge in [0.15, 0.2) is 0 Å².